The molecule has 1 aromatic heterocycles. The van der Waals surface area contributed by atoms with Gasteiger partial charge in [-0.15, -0.1) is 0 Å². The van der Waals surface area contributed by atoms with Crippen LogP contribution >= 0.6 is 0 Å². The highest BCUT2D eigenvalue weighted by atomic mass is 16.4. The fourth-order valence-electron chi connectivity index (χ4n) is 3.28. The van der Waals surface area contributed by atoms with E-state index in [0.717, 1.165) is 26.1 Å². The number of benzene rings is 1. The highest BCUT2D eigenvalue weighted by molar-refractivity contribution is 5.88. The molecule has 1 aromatic carbocycles. The molecule has 1 unspecified atom stereocenters. The summed E-state index contributed by atoms with van der Waals surface area (Å²) in [6, 6.07) is 14.2. The van der Waals surface area contributed by atoms with Crippen molar-refractivity contribution >= 4 is 5.97 Å². The molecule has 5 nitrogen and oxygen atoms in total. The number of carboxylic acids is 1. The van der Waals surface area contributed by atoms with Crippen LogP contribution in [0, 0.1) is 0 Å². The predicted octanol–water partition coefficient (Wildman–Crippen LogP) is 2.49. The predicted molar refractivity (Wildman–Crippen MR) is 92.8 cm³/mol. The van der Waals surface area contributed by atoms with E-state index in [-0.39, 0.29) is 0 Å². The van der Waals surface area contributed by atoms with E-state index in [0.29, 0.717) is 23.8 Å². The van der Waals surface area contributed by atoms with Gasteiger partial charge in [-0.05, 0) is 31.2 Å². The minimum absolute atomic E-state index is 0.295. The number of aromatic carboxylic acids is 1. The zero-order valence-electron chi connectivity index (χ0n) is 13.9. The molecule has 1 N–H and O–H groups in total. The minimum atomic E-state index is -0.913. The highest BCUT2D eigenvalue weighted by Crippen LogP contribution is 2.19. The summed E-state index contributed by atoms with van der Waals surface area (Å²) in [5, 5.41) is 9.28. The highest BCUT2D eigenvalue weighted by Gasteiger charge is 2.26. The summed E-state index contributed by atoms with van der Waals surface area (Å²) >= 11 is 0. The number of likely N-dealkylation sites (tertiary alicyclic amines) is 1. The SMILES string of the molecule is CN(Cc1ncccc1C(=O)O)C1CCN(Cc2ccccc2)C1. The van der Waals surface area contributed by atoms with Crippen molar-refractivity contribution in [2.45, 2.75) is 25.6 Å². The molecule has 0 bridgehead atoms. The fourth-order valence-corrected chi connectivity index (χ4v) is 3.28. The third kappa shape index (κ3) is 3.99. The summed E-state index contributed by atoms with van der Waals surface area (Å²) in [5.74, 6) is -0.913. The Morgan fingerprint density at radius 1 is 1.29 bits per heavy atom. The fraction of sp³-hybridized carbons (Fsp3) is 0.368. The third-order valence-corrected chi connectivity index (χ3v) is 4.64. The van der Waals surface area contributed by atoms with Gasteiger partial charge < -0.3 is 5.11 Å². The van der Waals surface area contributed by atoms with Crippen molar-refractivity contribution in [2.24, 2.45) is 0 Å². The Labute approximate surface area is 142 Å². The molecule has 3 rings (SSSR count). The number of carboxylic acid groups (broad SMARTS) is 1. The number of pyridine rings is 1. The number of aromatic nitrogens is 1. The molecule has 24 heavy (non-hydrogen) atoms. The number of nitrogens with zero attached hydrogens (tertiary/aromatic N) is 3. The lowest BCUT2D eigenvalue weighted by molar-refractivity contribution is 0.0693. The lowest BCUT2D eigenvalue weighted by Crippen LogP contribution is -2.34. The topological polar surface area (TPSA) is 56.7 Å². The van der Waals surface area contributed by atoms with E-state index in [1.54, 1.807) is 18.3 Å². The maximum Gasteiger partial charge on any atom is 0.337 e. The molecule has 1 aliphatic heterocycles. The van der Waals surface area contributed by atoms with Gasteiger partial charge in [0, 0.05) is 38.4 Å². The largest absolute Gasteiger partial charge is 0.478 e. The van der Waals surface area contributed by atoms with Crippen LogP contribution in [-0.4, -0.2) is 52.0 Å². The lowest BCUT2D eigenvalue weighted by Gasteiger charge is -2.25. The van der Waals surface area contributed by atoms with Gasteiger partial charge in [-0.25, -0.2) is 4.79 Å². The second kappa shape index (κ2) is 7.55. The van der Waals surface area contributed by atoms with Gasteiger partial charge in [0.1, 0.15) is 0 Å². The van der Waals surface area contributed by atoms with Crippen molar-refractivity contribution in [3.05, 3.63) is 65.5 Å². The van der Waals surface area contributed by atoms with Crippen LogP contribution in [0.1, 0.15) is 28.0 Å². The number of likely N-dealkylation sites (N-methyl/N-ethyl adjacent to an activating group) is 1. The van der Waals surface area contributed by atoms with Crippen LogP contribution in [0.3, 0.4) is 0 Å². The normalized spacial score (nSPS) is 18.2. The van der Waals surface area contributed by atoms with Gasteiger partial charge in [0.25, 0.3) is 0 Å². The minimum Gasteiger partial charge on any atom is -0.478 e. The molecule has 126 valence electrons. The van der Waals surface area contributed by atoms with Gasteiger partial charge in [-0.3, -0.25) is 14.8 Å². The Balaban J connectivity index is 1.59. The van der Waals surface area contributed by atoms with Crippen LogP contribution < -0.4 is 0 Å². The monoisotopic (exact) mass is 325 g/mol. The summed E-state index contributed by atoms with van der Waals surface area (Å²) in [6.07, 6.45) is 2.75. The molecule has 1 saturated heterocycles. The molecular formula is C19H23N3O2. The average molecular weight is 325 g/mol. The van der Waals surface area contributed by atoms with Gasteiger partial charge >= 0.3 is 5.97 Å². The summed E-state index contributed by atoms with van der Waals surface area (Å²) in [6.45, 7) is 3.60. The van der Waals surface area contributed by atoms with Gasteiger partial charge in [-0.2, -0.15) is 0 Å². The van der Waals surface area contributed by atoms with E-state index >= 15 is 0 Å². The smallest absolute Gasteiger partial charge is 0.337 e. The standard InChI is InChI=1S/C19H23N3O2/c1-21(14-18-17(19(23)24)8-5-10-20-18)16-9-11-22(13-16)12-15-6-3-2-4-7-15/h2-8,10,16H,9,11-14H2,1H3,(H,23,24). The second-order valence-electron chi connectivity index (χ2n) is 6.38. The Morgan fingerprint density at radius 3 is 2.83 bits per heavy atom. The molecule has 1 aliphatic rings. The van der Waals surface area contributed by atoms with Gasteiger partial charge in [0.15, 0.2) is 0 Å². The Kier molecular flexibility index (Phi) is 5.23. The van der Waals surface area contributed by atoms with Crippen molar-refractivity contribution in [3.8, 4) is 0 Å². The van der Waals surface area contributed by atoms with E-state index in [1.165, 1.54) is 5.56 Å². The molecule has 0 amide bonds. The van der Waals surface area contributed by atoms with Crippen molar-refractivity contribution < 1.29 is 9.90 Å². The molecule has 1 fully saturated rings. The lowest BCUT2D eigenvalue weighted by atomic mass is 10.1. The molecule has 5 heteroatoms. The molecule has 0 spiro atoms. The molecular weight excluding hydrogens is 302 g/mol. The summed E-state index contributed by atoms with van der Waals surface area (Å²) in [5.41, 5.74) is 2.26. The van der Waals surface area contributed by atoms with E-state index in [2.05, 4.69) is 46.1 Å². The average Bonchev–Trinajstić information content (AvgIpc) is 3.05. The van der Waals surface area contributed by atoms with Gasteiger partial charge in [0.2, 0.25) is 0 Å². The number of hydrogen-bond donors (Lipinski definition) is 1. The summed E-state index contributed by atoms with van der Waals surface area (Å²) in [7, 11) is 2.05. The van der Waals surface area contributed by atoms with Crippen molar-refractivity contribution in [1.29, 1.82) is 0 Å². The Morgan fingerprint density at radius 2 is 2.08 bits per heavy atom. The molecule has 0 aliphatic carbocycles. The Bertz CT molecular complexity index is 690. The number of rotatable bonds is 6. The molecule has 1 atom stereocenters. The van der Waals surface area contributed by atoms with Crippen molar-refractivity contribution in [1.82, 2.24) is 14.8 Å². The van der Waals surface area contributed by atoms with Crippen LogP contribution in [0.5, 0.6) is 0 Å². The first-order valence-corrected chi connectivity index (χ1v) is 8.27. The first-order valence-electron chi connectivity index (χ1n) is 8.27. The van der Waals surface area contributed by atoms with Crippen molar-refractivity contribution in [2.75, 3.05) is 20.1 Å². The van der Waals surface area contributed by atoms with E-state index in [9.17, 15) is 9.90 Å². The van der Waals surface area contributed by atoms with Crippen molar-refractivity contribution in [3.63, 3.8) is 0 Å². The summed E-state index contributed by atoms with van der Waals surface area (Å²) in [4.78, 5) is 20.2. The van der Waals surface area contributed by atoms with Crippen LogP contribution in [0.2, 0.25) is 0 Å². The quantitative estimate of drug-likeness (QED) is 0.884. The molecule has 2 aromatic rings. The van der Waals surface area contributed by atoms with E-state index < -0.39 is 5.97 Å². The maximum atomic E-state index is 11.3. The van der Waals surface area contributed by atoms with Crippen LogP contribution in [0.25, 0.3) is 0 Å². The Hall–Kier alpha value is -2.24. The molecule has 2 heterocycles. The van der Waals surface area contributed by atoms with E-state index in [4.69, 9.17) is 0 Å². The maximum absolute atomic E-state index is 11.3. The first-order chi connectivity index (χ1) is 11.6. The van der Waals surface area contributed by atoms with Gasteiger partial charge in [-0.1, -0.05) is 30.3 Å². The first kappa shape index (κ1) is 16.6. The third-order valence-electron chi connectivity index (χ3n) is 4.64. The zero-order chi connectivity index (χ0) is 16.9. The zero-order valence-corrected chi connectivity index (χ0v) is 13.9. The molecule has 0 saturated carbocycles. The summed E-state index contributed by atoms with van der Waals surface area (Å²) < 4.78 is 0. The van der Waals surface area contributed by atoms with Crippen LogP contribution in [-0.2, 0) is 13.1 Å². The van der Waals surface area contributed by atoms with Crippen LogP contribution in [0.4, 0.5) is 0 Å². The van der Waals surface area contributed by atoms with E-state index in [1.807, 2.05) is 6.07 Å². The van der Waals surface area contributed by atoms with Gasteiger partial charge in [0.05, 0.1) is 11.3 Å². The van der Waals surface area contributed by atoms with Crippen LogP contribution in [0.15, 0.2) is 48.7 Å². The number of hydrogen-bond acceptors (Lipinski definition) is 4. The molecule has 0 radical (unpaired) electrons. The second-order valence-corrected chi connectivity index (χ2v) is 6.38. The number of carbonyl (C=O) groups is 1.